The Morgan fingerprint density at radius 1 is 0.975 bits per heavy atom. The van der Waals surface area contributed by atoms with Gasteiger partial charge >= 0.3 is 12.1 Å². The first kappa shape index (κ1) is 27.6. The number of nitrogens with zero attached hydrogens (tertiary/aromatic N) is 1. The Kier molecular flexibility index (Phi) is 8.65. The number of benzene rings is 4. The molecular weight excluding hydrogens is 530 g/mol. The number of halogens is 1. The third kappa shape index (κ3) is 6.28. The van der Waals surface area contributed by atoms with Crippen LogP contribution in [0.4, 0.5) is 4.79 Å². The van der Waals surface area contributed by atoms with Gasteiger partial charge in [-0.1, -0.05) is 84.4 Å². The normalized spacial score (nSPS) is 17.9. The number of piperidine rings is 1. The van der Waals surface area contributed by atoms with Crippen molar-refractivity contribution in [1.29, 1.82) is 0 Å². The summed E-state index contributed by atoms with van der Waals surface area (Å²) in [5.41, 5.74) is 3.04. The van der Waals surface area contributed by atoms with E-state index in [-0.39, 0.29) is 19.1 Å². The molecule has 0 aromatic heterocycles. The van der Waals surface area contributed by atoms with E-state index in [9.17, 15) is 14.7 Å². The van der Waals surface area contributed by atoms with Gasteiger partial charge in [0.15, 0.2) is 6.29 Å². The molecule has 7 nitrogen and oxygen atoms in total. The van der Waals surface area contributed by atoms with E-state index < -0.39 is 24.5 Å². The van der Waals surface area contributed by atoms with Crippen molar-refractivity contribution < 1.29 is 28.9 Å². The van der Waals surface area contributed by atoms with Crippen molar-refractivity contribution >= 4 is 34.4 Å². The van der Waals surface area contributed by atoms with Crippen LogP contribution in [-0.4, -0.2) is 48.4 Å². The summed E-state index contributed by atoms with van der Waals surface area (Å²) in [7, 11) is 1.59. The molecule has 4 aromatic carbocycles. The fourth-order valence-corrected chi connectivity index (χ4v) is 5.32. The Morgan fingerprint density at radius 3 is 2.42 bits per heavy atom. The van der Waals surface area contributed by atoms with Gasteiger partial charge in [0.05, 0.1) is 23.2 Å². The third-order valence-corrected chi connectivity index (χ3v) is 7.59. The monoisotopic (exact) mass is 559 g/mol. The number of rotatable bonds is 8. The van der Waals surface area contributed by atoms with Gasteiger partial charge in [0, 0.05) is 25.1 Å². The summed E-state index contributed by atoms with van der Waals surface area (Å²) in [5.74, 6) is -0.531. The zero-order valence-corrected chi connectivity index (χ0v) is 22.8. The van der Waals surface area contributed by atoms with Gasteiger partial charge in [0.1, 0.15) is 6.61 Å². The Labute approximate surface area is 237 Å². The number of methoxy groups -OCH3 is 1. The standard InChI is InChI=1S/C32H30ClNO6/c1-38-31(25-15-14-22-6-2-3-7-24(22)18-25)40-29-19-34(32(36)37)17-16-26(29)23-12-10-21(11-13-23)20-39-30(35)27-8-4-5-9-28(27)33/h2-15,18,26,29,31H,16-17,19-20H2,1H3,(H,36,37). The van der Waals surface area contributed by atoms with Crippen LogP contribution in [0.15, 0.2) is 91.0 Å². The van der Waals surface area contributed by atoms with Crippen molar-refractivity contribution in [3.63, 3.8) is 0 Å². The molecule has 1 amide bonds. The lowest BCUT2D eigenvalue weighted by Crippen LogP contribution is -2.46. The molecule has 40 heavy (non-hydrogen) atoms. The topological polar surface area (TPSA) is 85.3 Å². The van der Waals surface area contributed by atoms with Gasteiger partial charge in [-0.05, 0) is 46.5 Å². The van der Waals surface area contributed by atoms with E-state index in [1.807, 2.05) is 66.7 Å². The summed E-state index contributed by atoms with van der Waals surface area (Å²) >= 11 is 6.10. The summed E-state index contributed by atoms with van der Waals surface area (Å²) in [4.78, 5) is 25.6. The van der Waals surface area contributed by atoms with E-state index in [2.05, 4.69) is 0 Å². The largest absolute Gasteiger partial charge is 0.465 e. The molecule has 1 aliphatic heterocycles. The van der Waals surface area contributed by atoms with Crippen LogP contribution in [0.3, 0.4) is 0 Å². The van der Waals surface area contributed by atoms with Gasteiger partial charge in [-0.3, -0.25) is 0 Å². The van der Waals surface area contributed by atoms with Crippen molar-refractivity contribution in [2.45, 2.75) is 31.3 Å². The summed E-state index contributed by atoms with van der Waals surface area (Å²) < 4.78 is 17.7. The number of amides is 1. The summed E-state index contributed by atoms with van der Waals surface area (Å²) in [6, 6.07) is 28.6. The summed E-state index contributed by atoms with van der Waals surface area (Å²) in [5, 5.41) is 12.2. The number of likely N-dealkylation sites (tertiary alicyclic amines) is 1. The molecule has 1 saturated heterocycles. The van der Waals surface area contributed by atoms with Crippen molar-refractivity contribution in [3.8, 4) is 0 Å². The minimum Gasteiger partial charge on any atom is -0.465 e. The number of esters is 1. The number of hydrogen-bond acceptors (Lipinski definition) is 5. The number of ether oxygens (including phenoxy) is 3. The van der Waals surface area contributed by atoms with Gasteiger partial charge in [-0.25, -0.2) is 9.59 Å². The van der Waals surface area contributed by atoms with Crippen LogP contribution in [0.2, 0.25) is 5.02 Å². The Bertz CT molecular complexity index is 1490. The van der Waals surface area contributed by atoms with Crippen LogP contribution >= 0.6 is 11.6 Å². The lowest BCUT2D eigenvalue weighted by atomic mass is 9.86. The maximum absolute atomic E-state index is 12.4. The zero-order valence-electron chi connectivity index (χ0n) is 22.0. The quantitative estimate of drug-likeness (QED) is 0.184. The lowest BCUT2D eigenvalue weighted by Gasteiger charge is -2.39. The van der Waals surface area contributed by atoms with Gasteiger partial charge < -0.3 is 24.2 Å². The predicted octanol–water partition coefficient (Wildman–Crippen LogP) is 7.05. The van der Waals surface area contributed by atoms with E-state index in [0.29, 0.717) is 23.6 Å². The Balaban J connectivity index is 1.31. The average molecular weight is 560 g/mol. The van der Waals surface area contributed by atoms with E-state index >= 15 is 0 Å². The van der Waals surface area contributed by atoms with Crippen molar-refractivity contribution in [2.24, 2.45) is 0 Å². The molecule has 0 bridgehead atoms. The van der Waals surface area contributed by atoms with Crippen LogP contribution in [-0.2, 0) is 20.8 Å². The van der Waals surface area contributed by atoms with Crippen LogP contribution in [0, 0.1) is 0 Å². The van der Waals surface area contributed by atoms with Crippen LogP contribution in [0.5, 0.6) is 0 Å². The second-order valence-corrected chi connectivity index (χ2v) is 10.2. The number of fused-ring (bicyclic) bond motifs is 1. The van der Waals surface area contributed by atoms with E-state index in [1.54, 1.807) is 31.4 Å². The second-order valence-electron chi connectivity index (χ2n) is 9.77. The van der Waals surface area contributed by atoms with Crippen LogP contribution in [0.25, 0.3) is 10.8 Å². The molecule has 3 atom stereocenters. The first-order chi connectivity index (χ1) is 19.4. The molecule has 1 aliphatic rings. The Hall–Kier alpha value is -3.91. The summed E-state index contributed by atoms with van der Waals surface area (Å²) in [6.45, 7) is 0.741. The zero-order chi connectivity index (χ0) is 28.1. The predicted molar refractivity (Wildman–Crippen MR) is 153 cm³/mol. The Morgan fingerprint density at radius 2 is 1.70 bits per heavy atom. The molecule has 3 unspecified atom stereocenters. The van der Waals surface area contributed by atoms with Gasteiger partial charge in [0.2, 0.25) is 0 Å². The van der Waals surface area contributed by atoms with Gasteiger partial charge in [-0.2, -0.15) is 0 Å². The van der Waals surface area contributed by atoms with E-state index in [1.165, 1.54) is 4.90 Å². The van der Waals surface area contributed by atoms with E-state index in [0.717, 1.165) is 27.5 Å². The minimum atomic E-state index is -0.970. The SMILES string of the molecule is COC(OC1CN(C(=O)O)CCC1c1ccc(COC(=O)c2ccccc2Cl)cc1)c1ccc2ccccc2c1. The maximum atomic E-state index is 12.4. The molecule has 5 rings (SSSR count). The van der Waals surface area contributed by atoms with Crippen molar-refractivity contribution in [2.75, 3.05) is 20.2 Å². The fourth-order valence-electron chi connectivity index (χ4n) is 5.11. The molecular formula is C32H30ClNO6. The number of carbonyl (C=O) groups is 2. The number of carboxylic acid groups (broad SMARTS) is 1. The molecule has 0 radical (unpaired) electrons. The number of carbonyl (C=O) groups excluding carboxylic acids is 1. The number of hydrogen-bond donors (Lipinski definition) is 1. The smallest absolute Gasteiger partial charge is 0.407 e. The van der Waals surface area contributed by atoms with Gasteiger partial charge in [-0.15, -0.1) is 0 Å². The third-order valence-electron chi connectivity index (χ3n) is 7.26. The lowest BCUT2D eigenvalue weighted by molar-refractivity contribution is -0.174. The average Bonchev–Trinajstić information content (AvgIpc) is 2.99. The highest BCUT2D eigenvalue weighted by atomic mass is 35.5. The molecule has 1 heterocycles. The molecule has 1 fully saturated rings. The second kappa shape index (κ2) is 12.5. The molecule has 4 aromatic rings. The molecule has 206 valence electrons. The minimum absolute atomic E-state index is 0.0477. The highest BCUT2D eigenvalue weighted by molar-refractivity contribution is 6.33. The van der Waals surface area contributed by atoms with Crippen LogP contribution in [0.1, 0.15) is 45.7 Å². The molecule has 0 spiro atoms. The molecule has 0 aliphatic carbocycles. The highest BCUT2D eigenvalue weighted by Crippen LogP contribution is 2.35. The van der Waals surface area contributed by atoms with E-state index in [4.69, 9.17) is 25.8 Å². The van der Waals surface area contributed by atoms with Crippen LogP contribution < -0.4 is 0 Å². The summed E-state index contributed by atoms with van der Waals surface area (Å²) in [6.07, 6.45) is -1.45. The first-order valence-electron chi connectivity index (χ1n) is 13.1. The molecule has 8 heteroatoms. The van der Waals surface area contributed by atoms with Crippen molar-refractivity contribution in [3.05, 3.63) is 118 Å². The first-order valence-corrected chi connectivity index (χ1v) is 13.5. The molecule has 0 saturated carbocycles. The maximum Gasteiger partial charge on any atom is 0.407 e. The van der Waals surface area contributed by atoms with Crippen molar-refractivity contribution in [1.82, 2.24) is 4.90 Å². The fraction of sp³-hybridized carbons (Fsp3) is 0.250. The molecule has 1 N–H and O–H groups in total. The van der Waals surface area contributed by atoms with Gasteiger partial charge in [0.25, 0.3) is 0 Å². The highest BCUT2D eigenvalue weighted by Gasteiger charge is 2.35.